The average molecular weight is 343 g/mol. The lowest BCUT2D eigenvalue weighted by Crippen LogP contribution is -2.64. The highest BCUT2D eigenvalue weighted by Crippen LogP contribution is 2.43. The van der Waals surface area contributed by atoms with E-state index in [1.165, 1.54) is 18.1 Å². The van der Waals surface area contributed by atoms with Gasteiger partial charge in [0.1, 0.15) is 12.6 Å². The molecule has 0 saturated carbocycles. The van der Waals surface area contributed by atoms with Crippen molar-refractivity contribution in [3.63, 3.8) is 0 Å². The van der Waals surface area contributed by atoms with Crippen molar-refractivity contribution >= 4 is 17.8 Å². The Kier molecular flexibility index (Phi) is 3.61. The number of carbonyl (C=O) groups is 3. The van der Waals surface area contributed by atoms with Gasteiger partial charge in [-0.3, -0.25) is 9.69 Å². The summed E-state index contributed by atoms with van der Waals surface area (Å²) in [4.78, 5) is 39.1. The van der Waals surface area contributed by atoms with Crippen LogP contribution in [-0.2, 0) is 23.8 Å². The number of cyclic esters (lactones) is 1. The lowest BCUT2D eigenvalue weighted by molar-refractivity contribution is -0.182. The molecule has 0 radical (unpaired) electrons. The number of methoxy groups -OCH3 is 1. The predicted octanol–water partition coefficient (Wildman–Crippen LogP) is 1.39. The fraction of sp³-hybridized carbons (Fsp3) is 0.389. The van der Waals surface area contributed by atoms with E-state index in [0.29, 0.717) is 0 Å². The van der Waals surface area contributed by atoms with Crippen LogP contribution in [0.15, 0.2) is 42.5 Å². The Hall–Kier alpha value is -2.67. The van der Waals surface area contributed by atoms with Crippen LogP contribution in [0.1, 0.15) is 18.0 Å². The smallest absolute Gasteiger partial charge is 0.411 e. The Balaban J connectivity index is 1.79. The van der Waals surface area contributed by atoms with Gasteiger partial charge in [-0.25, -0.2) is 9.59 Å². The first kappa shape index (κ1) is 15.8. The molecule has 0 N–H and O–H groups in total. The van der Waals surface area contributed by atoms with E-state index in [-0.39, 0.29) is 18.8 Å². The Morgan fingerprint density at radius 1 is 1.28 bits per heavy atom. The summed E-state index contributed by atoms with van der Waals surface area (Å²) in [5, 5.41) is 0. The SMILES string of the molecule is COC(=O)[C@@]12C=C[C@@H](CC(=O)C1N1C(=O)OC[C@H]1c1ccccc1)O2. The van der Waals surface area contributed by atoms with Crippen LogP contribution in [0.4, 0.5) is 4.79 Å². The Bertz CT molecular complexity index is 760. The van der Waals surface area contributed by atoms with Crippen molar-refractivity contribution in [2.45, 2.75) is 30.2 Å². The van der Waals surface area contributed by atoms with Gasteiger partial charge in [-0.15, -0.1) is 0 Å². The van der Waals surface area contributed by atoms with Gasteiger partial charge in [0.25, 0.3) is 0 Å². The third-order valence-corrected chi connectivity index (χ3v) is 4.90. The second-order valence-corrected chi connectivity index (χ2v) is 6.28. The molecule has 0 aromatic heterocycles. The van der Waals surface area contributed by atoms with Gasteiger partial charge in [0, 0.05) is 6.42 Å². The van der Waals surface area contributed by atoms with Crippen LogP contribution in [-0.4, -0.2) is 54.2 Å². The normalized spacial score (nSPS) is 33.5. The highest BCUT2D eigenvalue weighted by atomic mass is 16.6. The summed E-state index contributed by atoms with van der Waals surface area (Å²) >= 11 is 0. The third kappa shape index (κ3) is 2.26. The van der Waals surface area contributed by atoms with Gasteiger partial charge in [-0.05, 0) is 11.6 Å². The number of carbonyl (C=O) groups excluding carboxylic acids is 3. The number of hydrogen-bond acceptors (Lipinski definition) is 6. The Morgan fingerprint density at radius 2 is 2.04 bits per heavy atom. The molecule has 1 unspecified atom stereocenters. The van der Waals surface area contributed by atoms with E-state index in [2.05, 4.69) is 0 Å². The zero-order valence-electron chi connectivity index (χ0n) is 13.6. The van der Waals surface area contributed by atoms with E-state index in [0.717, 1.165) is 5.56 Å². The van der Waals surface area contributed by atoms with Crippen LogP contribution < -0.4 is 0 Å². The van der Waals surface area contributed by atoms with Crippen molar-refractivity contribution in [3.8, 4) is 0 Å². The second kappa shape index (κ2) is 5.70. The largest absolute Gasteiger partial charge is 0.467 e. The van der Waals surface area contributed by atoms with Gasteiger partial charge in [0.2, 0.25) is 5.60 Å². The van der Waals surface area contributed by atoms with E-state index in [1.807, 2.05) is 30.3 Å². The molecule has 7 heteroatoms. The highest BCUT2D eigenvalue weighted by molar-refractivity contribution is 5.99. The summed E-state index contributed by atoms with van der Waals surface area (Å²) in [6.07, 6.45) is 2.19. The minimum atomic E-state index is -1.62. The summed E-state index contributed by atoms with van der Waals surface area (Å²) in [6.45, 7) is 0.108. The average Bonchev–Trinajstić information content (AvgIpc) is 3.18. The lowest BCUT2D eigenvalue weighted by Gasteiger charge is -2.42. The van der Waals surface area contributed by atoms with E-state index in [4.69, 9.17) is 14.2 Å². The third-order valence-electron chi connectivity index (χ3n) is 4.90. The van der Waals surface area contributed by atoms with Crippen LogP contribution in [0.2, 0.25) is 0 Å². The monoisotopic (exact) mass is 343 g/mol. The van der Waals surface area contributed by atoms with Gasteiger partial charge in [0.05, 0.1) is 19.3 Å². The van der Waals surface area contributed by atoms with E-state index in [9.17, 15) is 14.4 Å². The molecule has 130 valence electrons. The van der Waals surface area contributed by atoms with Crippen LogP contribution in [0.5, 0.6) is 0 Å². The molecular weight excluding hydrogens is 326 g/mol. The molecule has 0 aliphatic carbocycles. The number of Topliss-reactive ketones (excluding diaryl/α,β-unsaturated/α-hetero) is 1. The molecule has 1 aromatic carbocycles. The van der Waals surface area contributed by atoms with Crippen LogP contribution in [0.25, 0.3) is 0 Å². The van der Waals surface area contributed by atoms with Crippen molar-refractivity contribution in [2.75, 3.05) is 13.7 Å². The predicted molar refractivity (Wildman–Crippen MR) is 84.5 cm³/mol. The van der Waals surface area contributed by atoms with Gasteiger partial charge in [-0.2, -0.15) is 0 Å². The molecule has 0 spiro atoms. The number of esters is 1. The second-order valence-electron chi connectivity index (χ2n) is 6.28. The maximum Gasteiger partial charge on any atom is 0.411 e. The number of ether oxygens (including phenoxy) is 3. The maximum atomic E-state index is 12.8. The molecule has 2 saturated heterocycles. The number of rotatable bonds is 3. The van der Waals surface area contributed by atoms with Crippen LogP contribution in [0, 0.1) is 0 Å². The van der Waals surface area contributed by atoms with Crippen molar-refractivity contribution in [1.29, 1.82) is 0 Å². The minimum absolute atomic E-state index is 0.102. The standard InChI is InChI=1S/C18H17NO6/c1-23-16(21)18-8-7-12(25-18)9-14(20)15(18)19-13(10-24-17(19)22)11-5-3-2-4-6-11/h2-8,12-13,15H,9-10H2,1H3/t12-,13-,15?,18+/m0/s1. The molecule has 2 bridgehead atoms. The molecular formula is C18H17NO6. The fourth-order valence-corrected chi connectivity index (χ4v) is 3.79. The zero-order chi connectivity index (χ0) is 17.6. The van der Waals surface area contributed by atoms with E-state index < -0.39 is 35.9 Å². The number of fused-ring (bicyclic) bond motifs is 2. The zero-order valence-corrected chi connectivity index (χ0v) is 13.6. The molecule has 1 aromatic rings. The first-order valence-corrected chi connectivity index (χ1v) is 8.05. The number of hydrogen-bond donors (Lipinski definition) is 0. The fourth-order valence-electron chi connectivity index (χ4n) is 3.79. The summed E-state index contributed by atoms with van der Waals surface area (Å²) in [5.41, 5.74) is -0.796. The van der Waals surface area contributed by atoms with E-state index >= 15 is 0 Å². The molecule has 1 amide bonds. The number of amides is 1. The first-order valence-electron chi connectivity index (χ1n) is 8.05. The molecule has 3 heterocycles. The number of nitrogens with zero attached hydrogens (tertiary/aromatic N) is 1. The quantitative estimate of drug-likeness (QED) is 0.609. The van der Waals surface area contributed by atoms with Gasteiger partial charge < -0.3 is 14.2 Å². The van der Waals surface area contributed by atoms with Crippen LogP contribution in [0.3, 0.4) is 0 Å². The Morgan fingerprint density at radius 3 is 2.76 bits per heavy atom. The van der Waals surface area contributed by atoms with Crippen LogP contribution >= 0.6 is 0 Å². The molecule has 3 aliphatic rings. The maximum absolute atomic E-state index is 12.8. The lowest BCUT2D eigenvalue weighted by atomic mass is 9.86. The first-order chi connectivity index (χ1) is 12.1. The molecule has 2 fully saturated rings. The van der Waals surface area contributed by atoms with E-state index in [1.54, 1.807) is 6.08 Å². The summed E-state index contributed by atoms with van der Waals surface area (Å²) in [6, 6.07) is 7.67. The number of benzene rings is 1. The van der Waals surface area contributed by atoms with Crippen molar-refractivity contribution in [3.05, 3.63) is 48.0 Å². The topological polar surface area (TPSA) is 82.1 Å². The summed E-state index contributed by atoms with van der Waals surface area (Å²) < 4.78 is 15.9. The highest BCUT2D eigenvalue weighted by Gasteiger charge is 2.62. The molecule has 3 aliphatic heterocycles. The molecule has 25 heavy (non-hydrogen) atoms. The van der Waals surface area contributed by atoms with Gasteiger partial charge in [0.15, 0.2) is 5.78 Å². The van der Waals surface area contributed by atoms with Gasteiger partial charge in [-0.1, -0.05) is 36.4 Å². The molecule has 7 nitrogen and oxygen atoms in total. The van der Waals surface area contributed by atoms with Crippen molar-refractivity contribution < 1.29 is 28.6 Å². The van der Waals surface area contributed by atoms with Gasteiger partial charge >= 0.3 is 12.1 Å². The van der Waals surface area contributed by atoms with Crippen molar-refractivity contribution in [2.24, 2.45) is 0 Å². The molecule has 4 atom stereocenters. The van der Waals surface area contributed by atoms with Crippen molar-refractivity contribution in [1.82, 2.24) is 4.90 Å². The summed E-state index contributed by atoms with van der Waals surface area (Å²) in [7, 11) is 1.23. The Labute approximate surface area is 144 Å². The number of ketones is 1. The minimum Gasteiger partial charge on any atom is -0.467 e. The summed E-state index contributed by atoms with van der Waals surface area (Å²) in [5.74, 6) is -0.942. The molecule has 4 rings (SSSR count).